The zero-order valence-electron chi connectivity index (χ0n) is 17.2. The molecule has 2 aromatic carbocycles. The van der Waals surface area contributed by atoms with Gasteiger partial charge in [0.05, 0.1) is 18.8 Å². The fourth-order valence-corrected chi connectivity index (χ4v) is 2.81. The highest BCUT2D eigenvalue weighted by Crippen LogP contribution is 2.14. The smallest absolute Gasteiger partial charge is 0.191 e. The first-order valence-corrected chi connectivity index (χ1v) is 9.83. The molecule has 7 nitrogen and oxygen atoms in total. The molecule has 2 N–H and O–H groups in total. The van der Waals surface area contributed by atoms with E-state index in [9.17, 15) is 0 Å². The van der Waals surface area contributed by atoms with E-state index in [0.717, 1.165) is 29.5 Å². The number of benzene rings is 2. The van der Waals surface area contributed by atoms with Crippen molar-refractivity contribution < 1.29 is 4.74 Å². The number of nitrogens with one attached hydrogen (secondary N) is 2. The molecular weight excluding hydrogens is 364 g/mol. The Morgan fingerprint density at radius 3 is 2.69 bits per heavy atom. The van der Waals surface area contributed by atoms with Gasteiger partial charge in [-0.1, -0.05) is 24.3 Å². The zero-order chi connectivity index (χ0) is 20.5. The number of aliphatic imine (C=N–C) groups is 1. The Morgan fingerprint density at radius 2 is 2.00 bits per heavy atom. The topological polar surface area (TPSA) is 76.4 Å². The molecule has 3 aromatic rings. The summed E-state index contributed by atoms with van der Waals surface area (Å²) in [4.78, 5) is 8.64. The van der Waals surface area contributed by atoms with Crippen LogP contribution in [0.2, 0.25) is 0 Å². The minimum atomic E-state index is 0.0163. The molecule has 0 aliphatic heterocycles. The lowest BCUT2D eigenvalue weighted by Gasteiger charge is -2.18. The molecule has 0 radical (unpaired) electrons. The number of aromatic nitrogens is 3. The zero-order valence-corrected chi connectivity index (χ0v) is 17.2. The van der Waals surface area contributed by atoms with E-state index in [-0.39, 0.29) is 6.10 Å². The van der Waals surface area contributed by atoms with Gasteiger partial charge in [0.15, 0.2) is 5.96 Å². The van der Waals surface area contributed by atoms with Gasteiger partial charge in [-0.3, -0.25) is 0 Å². The molecule has 152 valence electrons. The second kappa shape index (κ2) is 10.3. The molecule has 0 spiro atoms. The van der Waals surface area contributed by atoms with Crippen molar-refractivity contribution in [1.82, 2.24) is 25.4 Å². The Kier molecular flexibility index (Phi) is 7.22. The van der Waals surface area contributed by atoms with Crippen LogP contribution in [-0.4, -0.2) is 39.9 Å². The van der Waals surface area contributed by atoms with E-state index in [0.29, 0.717) is 13.1 Å². The van der Waals surface area contributed by atoms with Crippen molar-refractivity contribution in [3.63, 3.8) is 0 Å². The summed E-state index contributed by atoms with van der Waals surface area (Å²) in [6.07, 6.45) is 3.22. The standard InChI is InChI=1S/C22H28N6O/c1-4-24-22(25-13-18(3)29-21-7-5-6-17(2)12-21)26-14-19-8-10-20(11-9-19)28-16-23-15-27-28/h5-12,15-16,18H,4,13-14H2,1-3H3,(H2,24,25,26). The van der Waals surface area contributed by atoms with Crippen LogP contribution in [-0.2, 0) is 6.54 Å². The molecule has 0 aliphatic rings. The Bertz CT molecular complexity index is 905. The van der Waals surface area contributed by atoms with E-state index in [2.05, 4.69) is 45.6 Å². The minimum Gasteiger partial charge on any atom is -0.489 e. The number of nitrogens with zero attached hydrogens (tertiary/aromatic N) is 4. The van der Waals surface area contributed by atoms with Gasteiger partial charge in [0.25, 0.3) is 0 Å². The third-order valence-electron chi connectivity index (χ3n) is 4.27. The van der Waals surface area contributed by atoms with E-state index in [1.807, 2.05) is 49.4 Å². The Balaban J connectivity index is 1.53. The molecule has 0 amide bonds. The van der Waals surface area contributed by atoms with Crippen LogP contribution < -0.4 is 15.4 Å². The van der Waals surface area contributed by atoms with Gasteiger partial charge >= 0.3 is 0 Å². The van der Waals surface area contributed by atoms with Gasteiger partial charge in [-0.15, -0.1) is 0 Å². The maximum absolute atomic E-state index is 5.98. The van der Waals surface area contributed by atoms with Crippen LogP contribution in [0.3, 0.4) is 0 Å². The summed E-state index contributed by atoms with van der Waals surface area (Å²) in [5.41, 5.74) is 3.28. The quantitative estimate of drug-likeness (QED) is 0.455. The van der Waals surface area contributed by atoms with E-state index < -0.39 is 0 Å². The van der Waals surface area contributed by atoms with Crippen molar-refractivity contribution >= 4 is 5.96 Å². The number of aryl methyl sites for hydroxylation is 1. The normalized spacial score (nSPS) is 12.4. The average Bonchev–Trinajstić information content (AvgIpc) is 3.25. The molecule has 1 aromatic heterocycles. The van der Waals surface area contributed by atoms with E-state index in [1.54, 1.807) is 11.0 Å². The summed E-state index contributed by atoms with van der Waals surface area (Å²) < 4.78 is 7.71. The van der Waals surface area contributed by atoms with Crippen LogP contribution in [0.1, 0.15) is 25.0 Å². The van der Waals surface area contributed by atoms with Crippen LogP contribution in [0.4, 0.5) is 0 Å². The lowest BCUT2D eigenvalue weighted by atomic mass is 10.2. The SMILES string of the molecule is CCNC(=NCc1ccc(-n2cncn2)cc1)NCC(C)Oc1cccc(C)c1. The van der Waals surface area contributed by atoms with Gasteiger partial charge in [0, 0.05) is 6.54 Å². The summed E-state index contributed by atoms with van der Waals surface area (Å²) in [5.74, 6) is 1.65. The number of guanidine groups is 1. The first kappa shape index (κ1) is 20.4. The monoisotopic (exact) mass is 392 g/mol. The average molecular weight is 393 g/mol. The van der Waals surface area contributed by atoms with Crippen molar-refractivity contribution in [2.45, 2.75) is 33.4 Å². The van der Waals surface area contributed by atoms with Gasteiger partial charge in [0.2, 0.25) is 0 Å². The van der Waals surface area contributed by atoms with Gasteiger partial charge < -0.3 is 15.4 Å². The number of hydrogen-bond acceptors (Lipinski definition) is 4. The van der Waals surface area contributed by atoms with Gasteiger partial charge in [-0.2, -0.15) is 5.10 Å². The fourth-order valence-electron chi connectivity index (χ4n) is 2.81. The Labute approximate surface area is 171 Å². The summed E-state index contributed by atoms with van der Waals surface area (Å²) in [6, 6.07) is 16.2. The summed E-state index contributed by atoms with van der Waals surface area (Å²) in [7, 11) is 0. The number of rotatable bonds is 8. The second-order valence-corrected chi connectivity index (χ2v) is 6.83. The van der Waals surface area contributed by atoms with Crippen LogP contribution in [0.5, 0.6) is 5.75 Å². The lowest BCUT2D eigenvalue weighted by molar-refractivity contribution is 0.223. The maximum Gasteiger partial charge on any atom is 0.191 e. The maximum atomic E-state index is 5.98. The molecule has 1 heterocycles. The summed E-state index contributed by atoms with van der Waals surface area (Å²) >= 11 is 0. The van der Waals surface area contributed by atoms with Crippen LogP contribution >= 0.6 is 0 Å². The molecule has 1 atom stereocenters. The molecule has 0 saturated carbocycles. The molecule has 3 rings (SSSR count). The van der Waals surface area contributed by atoms with Crippen molar-refractivity contribution in [1.29, 1.82) is 0 Å². The highest BCUT2D eigenvalue weighted by Gasteiger charge is 2.06. The second-order valence-electron chi connectivity index (χ2n) is 6.83. The van der Waals surface area contributed by atoms with Crippen LogP contribution in [0.15, 0.2) is 66.2 Å². The van der Waals surface area contributed by atoms with E-state index >= 15 is 0 Å². The molecule has 7 heteroatoms. The molecule has 0 saturated heterocycles. The lowest BCUT2D eigenvalue weighted by Crippen LogP contribution is -2.41. The van der Waals surface area contributed by atoms with Crippen molar-refractivity contribution in [2.24, 2.45) is 4.99 Å². The highest BCUT2D eigenvalue weighted by molar-refractivity contribution is 5.79. The number of ether oxygens (including phenoxy) is 1. The fraction of sp³-hybridized carbons (Fsp3) is 0.318. The van der Waals surface area contributed by atoms with Gasteiger partial charge in [-0.25, -0.2) is 14.7 Å². The van der Waals surface area contributed by atoms with E-state index in [4.69, 9.17) is 4.74 Å². The third-order valence-corrected chi connectivity index (χ3v) is 4.27. The highest BCUT2D eigenvalue weighted by atomic mass is 16.5. The first-order chi connectivity index (χ1) is 14.1. The molecular formula is C22H28N6O. The Hall–Kier alpha value is -3.35. The van der Waals surface area contributed by atoms with Gasteiger partial charge in [-0.05, 0) is 56.2 Å². The number of hydrogen-bond donors (Lipinski definition) is 2. The Morgan fingerprint density at radius 1 is 1.17 bits per heavy atom. The molecule has 0 fully saturated rings. The summed E-state index contributed by atoms with van der Waals surface area (Å²) in [5, 5.41) is 10.8. The van der Waals surface area contributed by atoms with E-state index in [1.165, 1.54) is 11.9 Å². The van der Waals surface area contributed by atoms with Crippen LogP contribution in [0.25, 0.3) is 5.69 Å². The summed E-state index contributed by atoms with van der Waals surface area (Å²) in [6.45, 7) is 8.19. The molecule has 0 bridgehead atoms. The van der Waals surface area contributed by atoms with Crippen LogP contribution in [0, 0.1) is 6.92 Å². The predicted octanol–water partition coefficient (Wildman–Crippen LogP) is 3.10. The molecule has 29 heavy (non-hydrogen) atoms. The minimum absolute atomic E-state index is 0.0163. The van der Waals surface area contributed by atoms with Crippen molar-refractivity contribution in [2.75, 3.05) is 13.1 Å². The third kappa shape index (κ3) is 6.34. The first-order valence-electron chi connectivity index (χ1n) is 9.83. The predicted molar refractivity (Wildman–Crippen MR) is 115 cm³/mol. The van der Waals surface area contributed by atoms with Crippen molar-refractivity contribution in [3.8, 4) is 11.4 Å². The molecule has 0 aliphatic carbocycles. The largest absolute Gasteiger partial charge is 0.489 e. The van der Waals surface area contributed by atoms with Crippen molar-refractivity contribution in [3.05, 3.63) is 72.3 Å². The molecule has 1 unspecified atom stereocenters. The van der Waals surface area contributed by atoms with Gasteiger partial charge in [0.1, 0.15) is 24.5 Å².